The number of carbonyl (C=O) groups is 1. The molecule has 3 N–H and O–H groups in total. The molecule has 0 aliphatic rings. The average molecular weight is 700 g/mol. The van der Waals surface area contributed by atoms with E-state index in [2.05, 4.69) is 36.4 Å². The Morgan fingerprint density at radius 1 is 1.04 bits per heavy atom. The summed E-state index contributed by atoms with van der Waals surface area (Å²) in [5, 5.41) is 17.5. The summed E-state index contributed by atoms with van der Waals surface area (Å²) in [6.07, 6.45) is -4.44. The van der Waals surface area contributed by atoms with Gasteiger partial charge in [-0.3, -0.25) is 9.52 Å². The first-order chi connectivity index (χ1) is 21.3. The van der Waals surface area contributed by atoms with Crippen LogP contribution < -0.4 is 9.46 Å². The number of benzene rings is 3. The Labute approximate surface area is 286 Å². The maximum atomic E-state index is 12.8. The van der Waals surface area contributed by atoms with Crippen molar-refractivity contribution >= 4 is 29.8 Å². The Balaban J connectivity index is 0.00000205. The Morgan fingerprint density at radius 3 is 2.02 bits per heavy atom. The van der Waals surface area contributed by atoms with Gasteiger partial charge in [0.05, 0.1) is 23.2 Å². The number of aryl methyl sites for hydroxylation is 2. The molecule has 1 aromatic heterocycles. The SMILES string of the molecule is CC.CCO.CNS.[CH2-][C@H](COc1ccc(C(F)(F)F)cc1)C(C(=O)O)[C@@H]([CH2-])c1ccc(-c2ccc3c(c2)nc(C)n3C)cc1.[Cr+2]. The van der Waals surface area contributed by atoms with Crippen molar-refractivity contribution in [2.24, 2.45) is 18.9 Å². The van der Waals surface area contributed by atoms with Crippen molar-refractivity contribution in [2.45, 2.75) is 39.8 Å². The summed E-state index contributed by atoms with van der Waals surface area (Å²) in [5.74, 6) is -2.23. The van der Waals surface area contributed by atoms with E-state index in [9.17, 15) is 23.1 Å². The summed E-state index contributed by atoms with van der Waals surface area (Å²) in [5.41, 5.74) is 3.84. The molecule has 4 rings (SSSR count). The molecular formula is C34H44CrF3N3O4S. The van der Waals surface area contributed by atoms with E-state index in [-0.39, 0.29) is 36.3 Å². The van der Waals surface area contributed by atoms with Gasteiger partial charge in [-0.25, -0.2) is 4.98 Å². The number of carboxylic acid groups (broad SMARTS) is 1. The second-order valence-electron chi connectivity index (χ2n) is 9.65. The number of nitrogens with one attached hydrogen (secondary N) is 1. The van der Waals surface area contributed by atoms with Crippen LogP contribution in [0.5, 0.6) is 5.75 Å². The molecule has 252 valence electrons. The minimum atomic E-state index is -4.44. The van der Waals surface area contributed by atoms with Gasteiger partial charge in [0, 0.05) is 19.6 Å². The maximum absolute atomic E-state index is 12.8. The van der Waals surface area contributed by atoms with E-state index in [0.29, 0.717) is 0 Å². The van der Waals surface area contributed by atoms with E-state index in [1.807, 2.05) is 74.9 Å². The number of imidazole rings is 1. The number of aliphatic hydroxyl groups is 1. The number of halogens is 3. The number of rotatable bonds is 8. The predicted molar refractivity (Wildman–Crippen MR) is 178 cm³/mol. The van der Waals surface area contributed by atoms with Gasteiger partial charge in [-0.1, -0.05) is 62.6 Å². The Bertz CT molecular complexity index is 1450. The fourth-order valence-corrected chi connectivity index (χ4v) is 4.38. The fourth-order valence-electron chi connectivity index (χ4n) is 4.38. The van der Waals surface area contributed by atoms with Gasteiger partial charge in [0.1, 0.15) is 11.6 Å². The van der Waals surface area contributed by atoms with Crippen LogP contribution in [0.3, 0.4) is 0 Å². The van der Waals surface area contributed by atoms with Crippen LogP contribution in [0.2, 0.25) is 0 Å². The van der Waals surface area contributed by atoms with E-state index in [1.54, 1.807) is 14.0 Å². The van der Waals surface area contributed by atoms with Gasteiger partial charge >= 0.3 is 29.5 Å². The number of thiol groups is 1. The first kappa shape index (κ1) is 43.0. The van der Waals surface area contributed by atoms with Crippen LogP contribution in [0.15, 0.2) is 66.7 Å². The summed E-state index contributed by atoms with van der Waals surface area (Å²) in [7, 11) is 3.71. The molecule has 0 saturated heterocycles. The third-order valence-electron chi connectivity index (χ3n) is 6.65. The third kappa shape index (κ3) is 12.3. The molecule has 0 fully saturated rings. The number of hydrogen-bond acceptors (Lipinski definition) is 6. The number of aliphatic carboxylic acids is 1. The zero-order valence-electron chi connectivity index (χ0n) is 27.0. The molecule has 0 aliphatic heterocycles. The van der Waals surface area contributed by atoms with Gasteiger partial charge in [0.2, 0.25) is 0 Å². The Hall–Kier alpha value is -3.01. The average Bonchev–Trinajstić information content (AvgIpc) is 3.29. The maximum Gasteiger partial charge on any atom is 2.00 e. The van der Waals surface area contributed by atoms with Crippen LogP contribution >= 0.6 is 12.8 Å². The van der Waals surface area contributed by atoms with Gasteiger partial charge in [0.25, 0.3) is 0 Å². The van der Waals surface area contributed by atoms with E-state index < -0.39 is 35.5 Å². The number of carboxylic acids is 1. The number of alkyl halides is 3. The quantitative estimate of drug-likeness (QED) is 0.111. The largest absolute Gasteiger partial charge is 2.00 e. The molecule has 4 aromatic rings. The zero-order chi connectivity index (χ0) is 34.3. The zero-order valence-corrected chi connectivity index (χ0v) is 29.2. The molecule has 1 heterocycles. The van der Waals surface area contributed by atoms with Crippen LogP contribution in [0.25, 0.3) is 22.2 Å². The third-order valence-corrected chi connectivity index (χ3v) is 6.65. The van der Waals surface area contributed by atoms with Crippen molar-refractivity contribution in [3.8, 4) is 16.9 Å². The van der Waals surface area contributed by atoms with Crippen LogP contribution in [0, 0.1) is 32.6 Å². The molecule has 0 aliphatic carbocycles. The van der Waals surface area contributed by atoms with Crippen molar-refractivity contribution in [3.63, 3.8) is 0 Å². The summed E-state index contributed by atoms with van der Waals surface area (Å²) >= 11 is 3.54. The number of aromatic nitrogens is 2. The van der Waals surface area contributed by atoms with Crippen molar-refractivity contribution in [1.29, 1.82) is 0 Å². The van der Waals surface area contributed by atoms with Gasteiger partial charge < -0.3 is 33.4 Å². The summed E-state index contributed by atoms with van der Waals surface area (Å²) < 4.78 is 48.3. The number of aliphatic hydroxyl groups excluding tert-OH is 1. The number of hydrogen-bond donors (Lipinski definition) is 4. The molecule has 7 nitrogen and oxygen atoms in total. The molecule has 46 heavy (non-hydrogen) atoms. The predicted octanol–water partition coefficient (Wildman–Crippen LogP) is 7.79. The summed E-state index contributed by atoms with van der Waals surface area (Å²) in [6.45, 7) is 15.8. The van der Waals surface area contributed by atoms with Crippen molar-refractivity contribution in [1.82, 2.24) is 14.3 Å². The molecule has 0 saturated carbocycles. The minimum absolute atomic E-state index is 0. The first-order valence-electron chi connectivity index (χ1n) is 14.4. The van der Waals surface area contributed by atoms with Crippen molar-refractivity contribution in [2.75, 3.05) is 20.3 Å². The van der Waals surface area contributed by atoms with Gasteiger partial charge in [-0.2, -0.15) is 13.2 Å². The van der Waals surface area contributed by atoms with Crippen molar-refractivity contribution < 1.29 is 50.3 Å². The second-order valence-corrected chi connectivity index (χ2v) is 10.1. The van der Waals surface area contributed by atoms with Gasteiger partial charge in [-0.15, -0.1) is 11.8 Å². The Morgan fingerprint density at radius 2 is 1.54 bits per heavy atom. The minimum Gasteiger partial charge on any atom is -0.496 e. The monoisotopic (exact) mass is 699 g/mol. The summed E-state index contributed by atoms with van der Waals surface area (Å²) in [6, 6.07) is 17.8. The van der Waals surface area contributed by atoms with Crippen LogP contribution in [0.4, 0.5) is 13.2 Å². The molecule has 12 heteroatoms. The summed E-state index contributed by atoms with van der Waals surface area (Å²) in [4.78, 5) is 16.7. The smallest absolute Gasteiger partial charge is 0.496 e. The number of fused-ring (bicyclic) bond motifs is 1. The standard InChI is InChI=1S/C29H27F3N2O3.C2H6O.C2H6.CH5NS.Cr/c1-17(16-37-24-12-10-23(11-13-24)29(30,31)32)27(28(35)36)18(2)20-5-7-21(8-6-20)22-9-14-26-25(15-22)33-19(3)34(26)4;1-2-3;1-2;1-2-3;/h5-15,17-18,27H,1-2,16H2,3-4H3,(H,35,36);3H,2H2,1H3;1-2H3;2-3H,1H3;/q-2;;;;+2/t17-,18+,27?;;;;/m1..../s1. The molecule has 1 unspecified atom stereocenters. The van der Waals surface area contributed by atoms with E-state index in [4.69, 9.17) is 9.84 Å². The molecule has 0 amide bonds. The Kier molecular flexibility index (Phi) is 19.6. The van der Waals surface area contributed by atoms with E-state index in [1.165, 1.54) is 12.1 Å². The number of nitrogens with zero attached hydrogens (tertiary/aromatic N) is 2. The fraction of sp³-hybridized carbons (Fsp3) is 0.353. The molecule has 0 bridgehead atoms. The van der Waals surface area contributed by atoms with Crippen molar-refractivity contribution in [3.05, 3.63) is 97.5 Å². The molecule has 0 spiro atoms. The van der Waals surface area contributed by atoms with Crippen LogP contribution in [-0.4, -0.2) is 46.0 Å². The van der Waals surface area contributed by atoms with Crippen LogP contribution in [-0.2, 0) is 35.4 Å². The molecular weight excluding hydrogens is 655 g/mol. The second kappa shape index (κ2) is 21.0. The topological polar surface area (TPSA) is 96.6 Å². The normalized spacial score (nSPS) is 12.5. The van der Waals surface area contributed by atoms with Crippen LogP contribution in [0.1, 0.15) is 43.6 Å². The molecule has 0 radical (unpaired) electrons. The number of ether oxygens (including phenoxy) is 1. The molecule has 3 atom stereocenters. The van der Waals surface area contributed by atoms with Gasteiger partial charge in [0.15, 0.2) is 0 Å². The first-order valence-corrected chi connectivity index (χ1v) is 14.9. The van der Waals surface area contributed by atoms with E-state index in [0.717, 1.165) is 45.7 Å². The van der Waals surface area contributed by atoms with E-state index >= 15 is 0 Å². The van der Waals surface area contributed by atoms with Gasteiger partial charge in [-0.05, 0) is 68.4 Å². The molecule has 3 aromatic carbocycles.